The molecule has 0 heterocycles. The summed E-state index contributed by atoms with van der Waals surface area (Å²) < 4.78 is 2.79. The van der Waals surface area contributed by atoms with E-state index in [1.54, 1.807) is 29.2 Å². The van der Waals surface area contributed by atoms with Crippen molar-refractivity contribution in [3.8, 4) is 0 Å². The molecule has 0 bridgehead atoms. The van der Waals surface area contributed by atoms with E-state index in [0.29, 0.717) is 18.0 Å². The highest BCUT2D eigenvalue weighted by Gasteiger charge is 2.26. The van der Waals surface area contributed by atoms with Gasteiger partial charge in [-0.05, 0) is 67.3 Å². The lowest BCUT2D eigenvalue weighted by atomic mass is 10.0. The van der Waals surface area contributed by atoms with Crippen LogP contribution in [0.1, 0.15) is 18.1 Å². The standard InChI is InChI=1S/C25H26ClN3O2S/c1-3-29(21-15-13-20(26)14-16-21)24(30)22(17-19-10-5-4-6-11-19)27-25(31)28-32-23-12-8-7-9-18(23)2/h4-16,22H,3,17H2,1-2H3,(H2,27,28,31). The number of aryl methyl sites for hydroxylation is 1. The molecule has 0 aliphatic heterocycles. The SMILES string of the molecule is CCN(C(=O)C(Cc1ccccc1)NC(=O)NSc1ccccc1C)c1ccc(Cl)cc1. The molecule has 0 saturated heterocycles. The Morgan fingerprint density at radius 1 is 0.969 bits per heavy atom. The summed E-state index contributed by atoms with van der Waals surface area (Å²) in [6.45, 7) is 4.35. The first-order chi connectivity index (χ1) is 15.5. The van der Waals surface area contributed by atoms with Crippen molar-refractivity contribution in [3.63, 3.8) is 0 Å². The lowest BCUT2D eigenvalue weighted by Crippen LogP contribution is -2.51. The Bertz CT molecular complexity index is 1040. The maximum Gasteiger partial charge on any atom is 0.325 e. The third-order valence-electron chi connectivity index (χ3n) is 4.95. The fourth-order valence-corrected chi connectivity index (χ4v) is 4.05. The lowest BCUT2D eigenvalue weighted by Gasteiger charge is -2.27. The largest absolute Gasteiger partial charge is 0.325 e. The smallest absolute Gasteiger partial charge is 0.325 e. The highest BCUT2D eigenvalue weighted by molar-refractivity contribution is 7.98. The normalized spacial score (nSPS) is 11.5. The van der Waals surface area contributed by atoms with Crippen molar-refractivity contribution in [1.29, 1.82) is 0 Å². The van der Waals surface area contributed by atoms with E-state index in [1.165, 1.54) is 11.9 Å². The summed E-state index contributed by atoms with van der Waals surface area (Å²) >= 11 is 7.23. The average molecular weight is 468 g/mol. The molecule has 0 saturated carbocycles. The van der Waals surface area contributed by atoms with Gasteiger partial charge in [-0.15, -0.1) is 0 Å². The summed E-state index contributed by atoms with van der Waals surface area (Å²) in [6, 6.07) is 23.4. The van der Waals surface area contributed by atoms with Gasteiger partial charge in [-0.3, -0.25) is 9.52 Å². The summed E-state index contributed by atoms with van der Waals surface area (Å²) in [4.78, 5) is 28.8. The van der Waals surface area contributed by atoms with Gasteiger partial charge in [0.05, 0.1) is 0 Å². The van der Waals surface area contributed by atoms with Gasteiger partial charge in [0.15, 0.2) is 0 Å². The highest BCUT2D eigenvalue weighted by Crippen LogP contribution is 2.21. The molecular weight excluding hydrogens is 442 g/mol. The predicted octanol–water partition coefficient (Wildman–Crippen LogP) is 5.62. The number of urea groups is 1. The maximum atomic E-state index is 13.5. The molecule has 3 aromatic rings. The van der Waals surface area contributed by atoms with Crippen LogP contribution in [-0.2, 0) is 11.2 Å². The van der Waals surface area contributed by atoms with Gasteiger partial charge in [-0.1, -0.05) is 60.1 Å². The summed E-state index contributed by atoms with van der Waals surface area (Å²) in [5.41, 5.74) is 2.76. The van der Waals surface area contributed by atoms with Gasteiger partial charge in [0.2, 0.25) is 5.91 Å². The number of hydrogen-bond donors (Lipinski definition) is 2. The molecule has 2 N–H and O–H groups in total. The fraction of sp³-hybridized carbons (Fsp3) is 0.200. The van der Waals surface area contributed by atoms with Crippen LogP contribution < -0.4 is 14.9 Å². The molecule has 1 unspecified atom stereocenters. The van der Waals surface area contributed by atoms with Crippen molar-refractivity contribution < 1.29 is 9.59 Å². The van der Waals surface area contributed by atoms with Crippen LogP contribution in [-0.4, -0.2) is 24.5 Å². The topological polar surface area (TPSA) is 61.4 Å². The third-order valence-corrected chi connectivity index (χ3v) is 6.17. The number of carbonyl (C=O) groups excluding carboxylic acids is 2. The third kappa shape index (κ3) is 6.52. The first-order valence-electron chi connectivity index (χ1n) is 10.4. The van der Waals surface area contributed by atoms with E-state index in [1.807, 2.05) is 68.4 Å². The Labute approximate surface area is 198 Å². The molecule has 3 amide bonds. The van der Waals surface area contributed by atoms with Crippen LogP contribution in [0.5, 0.6) is 0 Å². The van der Waals surface area contributed by atoms with Gasteiger partial charge in [0.25, 0.3) is 0 Å². The Balaban J connectivity index is 1.76. The second-order valence-corrected chi connectivity index (χ2v) is 8.53. The van der Waals surface area contributed by atoms with E-state index in [-0.39, 0.29) is 5.91 Å². The molecule has 0 aliphatic rings. The molecule has 32 heavy (non-hydrogen) atoms. The van der Waals surface area contributed by atoms with Gasteiger partial charge in [-0.25, -0.2) is 4.79 Å². The van der Waals surface area contributed by atoms with Gasteiger partial charge < -0.3 is 10.2 Å². The molecule has 1 atom stereocenters. The summed E-state index contributed by atoms with van der Waals surface area (Å²) in [5.74, 6) is -0.185. The zero-order chi connectivity index (χ0) is 22.9. The fourth-order valence-electron chi connectivity index (χ4n) is 3.28. The highest BCUT2D eigenvalue weighted by atomic mass is 35.5. The van der Waals surface area contributed by atoms with Crippen molar-refractivity contribution >= 4 is 41.2 Å². The molecule has 3 aromatic carbocycles. The van der Waals surface area contributed by atoms with E-state index >= 15 is 0 Å². The Morgan fingerprint density at radius 3 is 2.28 bits per heavy atom. The van der Waals surface area contributed by atoms with Crippen LogP contribution in [0.2, 0.25) is 5.02 Å². The van der Waals surface area contributed by atoms with Crippen LogP contribution in [0.3, 0.4) is 0 Å². The minimum Gasteiger partial charge on any atom is -0.325 e. The molecule has 0 aromatic heterocycles. The molecular formula is C25H26ClN3O2S. The number of hydrogen-bond acceptors (Lipinski definition) is 3. The van der Waals surface area contributed by atoms with Crippen molar-refractivity contribution in [2.24, 2.45) is 0 Å². The van der Waals surface area contributed by atoms with Crippen LogP contribution in [0, 0.1) is 6.92 Å². The quantitative estimate of drug-likeness (QED) is 0.423. The van der Waals surface area contributed by atoms with E-state index in [4.69, 9.17) is 11.6 Å². The van der Waals surface area contributed by atoms with Crippen LogP contribution in [0.15, 0.2) is 83.8 Å². The first-order valence-corrected chi connectivity index (χ1v) is 11.6. The predicted molar refractivity (Wildman–Crippen MR) is 132 cm³/mol. The number of nitrogens with one attached hydrogen (secondary N) is 2. The number of anilines is 1. The zero-order valence-electron chi connectivity index (χ0n) is 18.0. The molecule has 166 valence electrons. The molecule has 0 spiro atoms. The number of benzene rings is 3. The number of halogens is 1. The van der Waals surface area contributed by atoms with Gasteiger partial charge in [-0.2, -0.15) is 0 Å². The second kappa shape index (κ2) is 11.6. The minimum atomic E-state index is -0.731. The van der Waals surface area contributed by atoms with Crippen molar-refractivity contribution in [2.45, 2.75) is 31.2 Å². The Hall–Kier alpha value is -2.96. The zero-order valence-corrected chi connectivity index (χ0v) is 19.6. The van der Waals surface area contributed by atoms with Crippen molar-refractivity contribution in [3.05, 3.63) is 95.0 Å². The second-order valence-electron chi connectivity index (χ2n) is 7.24. The van der Waals surface area contributed by atoms with Gasteiger partial charge in [0, 0.05) is 28.6 Å². The van der Waals surface area contributed by atoms with Gasteiger partial charge >= 0.3 is 6.03 Å². The van der Waals surface area contributed by atoms with Gasteiger partial charge in [0.1, 0.15) is 6.04 Å². The van der Waals surface area contributed by atoms with Crippen LogP contribution in [0.4, 0.5) is 10.5 Å². The number of likely N-dealkylation sites (N-methyl/N-ethyl adjacent to an activating group) is 1. The number of nitrogens with zero attached hydrogens (tertiary/aromatic N) is 1. The Kier molecular flexibility index (Phi) is 8.59. The summed E-state index contributed by atoms with van der Waals surface area (Å²) in [5, 5.41) is 3.46. The van der Waals surface area contributed by atoms with Crippen LogP contribution >= 0.6 is 23.5 Å². The first kappa shape index (κ1) is 23.7. The minimum absolute atomic E-state index is 0.185. The molecule has 7 heteroatoms. The summed E-state index contributed by atoms with van der Waals surface area (Å²) in [6.07, 6.45) is 0.381. The lowest BCUT2D eigenvalue weighted by molar-refractivity contribution is -0.120. The molecule has 5 nitrogen and oxygen atoms in total. The average Bonchev–Trinajstić information content (AvgIpc) is 2.80. The Morgan fingerprint density at radius 2 is 1.62 bits per heavy atom. The molecule has 0 radical (unpaired) electrons. The maximum absolute atomic E-state index is 13.5. The van der Waals surface area contributed by atoms with E-state index < -0.39 is 12.1 Å². The molecule has 0 fully saturated rings. The van der Waals surface area contributed by atoms with E-state index in [2.05, 4.69) is 10.0 Å². The monoisotopic (exact) mass is 467 g/mol. The van der Waals surface area contributed by atoms with E-state index in [9.17, 15) is 9.59 Å². The van der Waals surface area contributed by atoms with Crippen molar-refractivity contribution in [2.75, 3.05) is 11.4 Å². The molecule has 3 rings (SSSR count). The van der Waals surface area contributed by atoms with Crippen molar-refractivity contribution in [1.82, 2.24) is 10.0 Å². The molecule has 0 aliphatic carbocycles. The number of amides is 3. The van der Waals surface area contributed by atoms with Crippen LogP contribution in [0.25, 0.3) is 0 Å². The number of carbonyl (C=O) groups is 2. The summed E-state index contributed by atoms with van der Waals surface area (Å²) in [7, 11) is 0. The van der Waals surface area contributed by atoms with E-state index in [0.717, 1.165) is 21.7 Å². The number of rotatable bonds is 8.